The van der Waals surface area contributed by atoms with Crippen LogP contribution in [0, 0.1) is 5.82 Å². The van der Waals surface area contributed by atoms with Gasteiger partial charge in [-0.1, -0.05) is 24.3 Å². The minimum atomic E-state index is -3.27. The second-order valence-electron chi connectivity index (χ2n) is 6.82. The van der Waals surface area contributed by atoms with Crippen LogP contribution in [-0.4, -0.2) is 38.1 Å². The molecule has 0 N–H and O–H groups in total. The molecule has 2 aliphatic rings. The van der Waals surface area contributed by atoms with Crippen molar-refractivity contribution in [1.29, 1.82) is 0 Å². The summed E-state index contributed by atoms with van der Waals surface area (Å²) in [5.74, 6) is -0.390. The van der Waals surface area contributed by atoms with Crippen LogP contribution in [0.1, 0.15) is 24.0 Å². The predicted octanol–water partition coefficient (Wildman–Crippen LogP) is 3.14. The van der Waals surface area contributed by atoms with Crippen LogP contribution in [0.25, 0.3) is 11.1 Å². The molecule has 1 fully saturated rings. The second kappa shape index (κ2) is 6.06. The lowest BCUT2D eigenvalue weighted by molar-refractivity contribution is -0.124. The van der Waals surface area contributed by atoms with Crippen LogP contribution in [-0.2, 0) is 14.6 Å². The highest BCUT2D eigenvalue weighted by Gasteiger charge is 2.40. The molecule has 1 saturated carbocycles. The number of rotatable bonds is 4. The van der Waals surface area contributed by atoms with Gasteiger partial charge < -0.3 is 4.90 Å². The van der Waals surface area contributed by atoms with Gasteiger partial charge in [0.2, 0.25) is 0 Å². The van der Waals surface area contributed by atoms with E-state index in [2.05, 4.69) is 0 Å². The molecule has 4 nitrogen and oxygen atoms in total. The SMILES string of the molecule is CS(=O)(=O)c1ccc(C2=C(c3ccc(F)cc3)C(=O)N(C3CC3)C2)cc1. The Bertz CT molecular complexity index is 1000. The summed E-state index contributed by atoms with van der Waals surface area (Å²) in [5, 5.41) is 0. The lowest BCUT2D eigenvalue weighted by Gasteiger charge is -2.15. The van der Waals surface area contributed by atoms with Crippen LogP contribution >= 0.6 is 0 Å². The van der Waals surface area contributed by atoms with Crippen molar-refractivity contribution in [3.05, 3.63) is 65.5 Å². The van der Waals surface area contributed by atoms with Crippen molar-refractivity contribution in [3.8, 4) is 0 Å². The van der Waals surface area contributed by atoms with Crippen LogP contribution in [0.3, 0.4) is 0 Å². The predicted molar refractivity (Wildman–Crippen MR) is 97.5 cm³/mol. The van der Waals surface area contributed by atoms with Gasteiger partial charge in [0.25, 0.3) is 5.91 Å². The third-order valence-electron chi connectivity index (χ3n) is 4.86. The van der Waals surface area contributed by atoms with Gasteiger partial charge in [-0.25, -0.2) is 12.8 Å². The average molecular weight is 371 g/mol. The average Bonchev–Trinajstić information content (AvgIpc) is 3.39. The van der Waals surface area contributed by atoms with Crippen molar-refractivity contribution < 1.29 is 17.6 Å². The molecule has 1 aliphatic carbocycles. The molecule has 1 amide bonds. The summed E-state index contributed by atoms with van der Waals surface area (Å²) in [6.45, 7) is 0.494. The number of hydrogen-bond donors (Lipinski definition) is 0. The fraction of sp³-hybridized carbons (Fsp3) is 0.250. The first-order valence-electron chi connectivity index (χ1n) is 8.45. The molecule has 0 spiro atoms. The lowest BCUT2D eigenvalue weighted by atomic mass is 9.97. The van der Waals surface area contributed by atoms with Gasteiger partial charge in [-0.3, -0.25) is 4.79 Å². The van der Waals surface area contributed by atoms with Crippen LogP contribution in [0.2, 0.25) is 0 Å². The lowest BCUT2D eigenvalue weighted by Crippen LogP contribution is -2.29. The molecular weight excluding hydrogens is 353 g/mol. The van der Waals surface area contributed by atoms with Crippen molar-refractivity contribution in [2.45, 2.75) is 23.8 Å². The summed E-state index contributed by atoms with van der Waals surface area (Å²) in [4.78, 5) is 15.1. The van der Waals surface area contributed by atoms with Gasteiger partial charge in [-0.05, 0) is 53.8 Å². The Kier molecular flexibility index (Phi) is 3.95. The molecule has 1 aliphatic heterocycles. The first-order valence-corrected chi connectivity index (χ1v) is 10.3. The fourth-order valence-electron chi connectivity index (χ4n) is 3.33. The standard InChI is InChI=1S/C20H18FNO3S/c1-26(24,25)17-10-4-13(5-11-17)18-12-22(16-8-9-16)20(23)19(18)14-2-6-15(21)7-3-14/h2-7,10-11,16H,8-9,12H2,1H3. The molecule has 1 heterocycles. The summed E-state index contributed by atoms with van der Waals surface area (Å²) in [6, 6.07) is 12.8. The van der Waals surface area contributed by atoms with Gasteiger partial charge in [-0.2, -0.15) is 0 Å². The van der Waals surface area contributed by atoms with Crippen molar-refractivity contribution >= 4 is 26.9 Å². The third-order valence-corrected chi connectivity index (χ3v) is 5.98. The number of hydrogen-bond acceptors (Lipinski definition) is 3. The molecule has 0 atom stereocenters. The Hall–Kier alpha value is -2.47. The molecule has 0 bridgehead atoms. The number of nitrogens with zero attached hydrogens (tertiary/aromatic N) is 1. The molecule has 2 aromatic carbocycles. The number of sulfone groups is 1. The summed E-state index contributed by atoms with van der Waals surface area (Å²) >= 11 is 0. The largest absolute Gasteiger partial charge is 0.331 e. The van der Waals surface area contributed by atoms with Crippen LogP contribution in [0.15, 0.2) is 53.4 Å². The zero-order valence-electron chi connectivity index (χ0n) is 14.3. The second-order valence-corrected chi connectivity index (χ2v) is 8.84. The maximum atomic E-state index is 13.3. The van der Waals surface area contributed by atoms with Crippen LogP contribution < -0.4 is 0 Å². The Labute approximate surface area is 151 Å². The molecule has 134 valence electrons. The molecule has 2 aromatic rings. The van der Waals surface area contributed by atoms with E-state index in [0.717, 1.165) is 24.0 Å². The summed E-state index contributed by atoms with van der Waals surface area (Å²) in [7, 11) is -3.27. The zero-order valence-corrected chi connectivity index (χ0v) is 15.1. The fourth-order valence-corrected chi connectivity index (χ4v) is 3.96. The number of halogens is 1. The van der Waals surface area contributed by atoms with Crippen molar-refractivity contribution in [2.24, 2.45) is 0 Å². The number of carbonyl (C=O) groups is 1. The van der Waals surface area contributed by atoms with Gasteiger partial charge in [0.1, 0.15) is 5.82 Å². The van der Waals surface area contributed by atoms with E-state index in [1.807, 2.05) is 4.90 Å². The van der Waals surface area contributed by atoms with Crippen molar-refractivity contribution in [3.63, 3.8) is 0 Å². The summed E-state index contributed by atoms with van der Waals surface area (Å²) in [5.41, 5.74) is 2.92. The quantitative estimate of drug-likeness (QED) is 0.830. The zero-order chi connectivity index (χ0) is 18.5. The van der Waals surface area contributed by atoms with Crippen LogP contribution in [0.5, 0.6) is 0 Å². The van der Waals surface area contributed by atoms with Crippen LogP contribution in [0.4, 0.5) is 4.39 Å². The minimum Gasteiger partial charge on any atom is -0.331 e. The Morgan fingerprint density at radius 2 is 1.54 bits per heavy atom. The molecule has 6 heteroatoms. The molecular formula is C20H18FNO3S. The normalized spacial score (nSPS) is 17.9. The van der Waals surface area contributed by atoms with Gasteiger partial charge >= 0.3 is 0 Å². The van der Waals surface area contributed by atoms with Gasteiger partial charge in [-0.15, -0.1) is 0 Å². The van der Waals surface area contributed by atoms with E-state index in [1.54, 1.807) is 36.4 Å². The summed E-state index contributed by atoms with van der Waals surface area (Å²) < 4.78 is 36.6. The topological polar surface area (TPSA) is 54.5 Å². The maximum Gasteiger partial charge on any atom is 0.255 e. The van der Waals surface area contributed by atoms with E-state index in [4.69, 9.17) is 0 Å². The first-order chi connectivity index (χ1) is 12.3. The van der Waals surface area contributed by atoms with Gasteiger partial charge in [0.05, 0.1) is 10.5 Å². The highest BCUT2D eigenvalue weighted by molar-refractivity contribution is 7.90. The Morgan fingerprint density at radius 1 is 0.962 bits per heavy atom. The smallest absolute Gasteiger partial charge is 0.255 e. The van der Waals surface area contributed by atoms with Crippen molar-refractivity contribution in [1.82, 2.24) is 4.90 Å². The Balaban J connectivity index is 1.80. The molecule has 0 radical (unpaired) electrons. The van der Waals surface area contributed by atoms with Crippen molar-refractivity contribution in [2.75, 3.05) is 12.8 Å². The monoisotopic (exact) mass is 371 g/mol. The van der Waals surface area contributed by atoms with E-state index in [1.165, 1.54) is 18.4 Å². The number of benzene rings is 2. The molecule has 4 rings (SSSR count). The Morgan fingerprint density at radius 3 is 2.08 bits per heavy atom. The minimum absolute atomic E-state index is 0.0405. The highest BCUT2D eigenvalue weighted by atomic mass is 32.2. The molecule has 26 heavy (non-hydrogen) atoms. The van der Waals surface area contributed by atoms with E-state index in [0.29, 0.717) is 17.7 Å². The van der Waals surface area contributed by atoms with Gasteiger partial charge in [0, 0.05) is 18.8 Å². The third kappa shape index (κ3) is 3.05. The highest BCUT2D eigenvalue weighted by Crippen LogP contribution is 2.40. The molecule has 0 saturated heterocycles. The van der Waals surface area contributed by atoms with Gasteiger partial charge in [0.15, 0.2) is 9.84 Å². The van der Waals surface area contributed by atoms with E-state index in [9.17, 15) is 17.6 Å². The maximum absolute atomic E-state index is 13.3. The van der Waals surface area contributed by atoms with E-state index in [-0.39, 0.29) is 22.7 Å². The van der Waals surface area contributed by atoms with E-state index < -0.39 is 9.84 Å². The first kappa shape index (κ1) is 17.0. The molecule has 0 aromatic heterocycles. The number of carbonyl (C=O) groups excluding carboxylic acids is 1. The summed E-state index contributed by atoms with van der Waals surface area (Å²) in [6.07, 6.45) is 3.17. The van der Waals surface area contributed by atoms with E-state index >= 15 is 0 Å². The number of amides is 1. The molecule has 0 unspecified atom stereocenters.